The quantitative estimate of drug-likeness (QED) is 0.561. The van der Waals surface area contributed by atoms with Crippen LogP contribution in [0.15, 0.2) is 53.4 Å². The van der Waals surface area contributed by atoms with E-state index in [0.29, 0.717) is 22.1 Å². The molecule has 0 aliphatic heterocycles. The number of anilines is 2. The molecule has 0 saturated carbocycles. The zero-order chi connectivity index (χ0) is 17.7. The van der Waals surface area contributed by atoms with E-state index in [0.717, 1.165) is 0 Å². The number of benzene rings is 2. The SMILES string of the molecule is COC(=O)c1ccc(NC(=S)Nc2ccc(S(N)(=O)=O)cc2)cc1. The molecule has 9 heteroatoms. The summed E-state index contributed by atoms with van der Waals surface area (Å²) in [6.07, 6.45) is 0. The second-order valence-corrected chi connectivity index (χ2v) is 6.69. The highest BCUT2D eigenvalue weighted by Crippen LogP contribution is 2.14. The number of carbonyl (C=O) groups excluding carboxylic acids is 1. The largest absolute Gasteiger partial charge is 0.465 e. The number of thiocarbonyl (C=S) groups is 1. The molecule has 0 heterocycles. The van der Waals surface area contributed by atoms with Gasteiger partial charge in [-0.2, -0.15) is 0 Å². The highest BCUT2D eigenvalue weighted by molar-refractivity contribution is 7.89. The van der Waals surface area contributed by atoms with E-state index in [4.69, 9.17) is 17.4 Å². The first-order chi connectivity index (χ1) is 11.3. The van der Waals surface area contributed by atoms with Gasteiger partial charge in [0, 0.05) is 11.4 Å². The fourth-order valence-corrected chi connectivity index (χ4v) is 2.58. The van der Waals surface area contributed by atoms with E-state index in [1.165, 1.54) is 19.2 Å². The van der Waals surface area contributed by atoms with Gasteiger partial charge in [-0.05, 0) is 60.7 Å². The Balaban J connectivity index is 1.99. The number of methoxy groups -OCH3 is 1. The molecule has 0 fully saturated rings. The van der Waals surface area contributed by atoms with Crippen LogP contribution in [0.25, 0.3) is 0 Å². The van der Waals surface area contributed by atoms with Crippen LogP contribution in [0.4, 0.5) is 11.4 Å². The minimum Gasteiger partial charge on any atom is -0.465 e. The van der Waals surface area contributed by atoms with Crippen LogP contribution in [0.3, 0.4) is 0 Å². The smallest absolute Gasteiger partial charge is 0.337 e. The van der Waals surface area contributed by atoms with E-state index in [1.54, 1.807) is 36.4 Å². The van der Waals surface area contributed by atoms with Crippen LogP contribution >= 0.6 is 12.2 Å². The fourth-order valence-electron chi connectivity index (χ4n) is 1.83. The summed E-state index contributed by atoms with van der Waals surface area (Å²) in [5.41, 5.74) is 1.72. The molecule has 126 valence electrons. The molecule has 2 aromatic rings. The van der Waals surface area contributed by atoms with Crippen molar-refractivity contribution in [3.8, 4) is 0 Å². The number of sulfonamides is 1. The summed E-state index contributed by atoms with van der Waals surface area (Å²) in [6.45, 7) is 0. The third-order valence-corrected chi connectivity index (χ3v) is 4.14. The van der Waals surface area contributed by atoms with Gasteiger partial charge in [0.15, 0.2) is 5.11 Å². The van der Waals surface area contributed by atoms with Gasteiger partial charge in [0.25, 0.3) is 0 Å². The Kier molecular flexibility index (Phi) is 5.50. The van der Waals surface area contributed by atoms with Crippen molar-refractivity contribution in [2.75, 3.05) is 17.7 Å². The lowest BCUT2D eigenvalue weighted by atomic mass is 10.2. The highest BCUT2D eigenvalue weighted by Gasteiger charge is 2.08. The first-order valence-corrected chi connectivity index (χ1v) is 8.64. The predicted molar refractivity (Wildman–Crippen MR) is 95.4 cm³/mol. The van der Waals surface area contributed by atoms with Gasteiger partial charge in [-0.1, -0.05) is 0 Å². The molecular weight excluding hydrogens is 350 g/mol. The Labute approximate surface area is 144 Å². The number of hydrogen-bond donors (Lipinski definition) is 3. The molecule has 7 nitrogen and oxygen atoms in total. The zero-order valence-electron chi connectivity index (χ0n) is 12.6. The number of primary sulfonamides is 1. The third-order valence-electron chi connectivity index (χ3n) is 3.00. The maximum Gasteiger partial charge on any atom is 0.337 e. The second kappa shape index (κ2) is 7.39. The molecule has 0 atom stereocenters. The molecule has 0 amide bonds. The van der Waals surface area contributed by atoms with Crippen LogP contribution in [-0.2, 0) is 14.8 Å². The van der Waals surface area contributed by atoms with E-state index >= 15 is 0 Å². The van der Waals surface area contributed by atoms with E-state index in [-0.39, 0.29) is 4.90 Å². The maximum absolute atomic E-state index is 11.4. The van der Waals surface area contributed by atoms with E-state index < -0.39 is 16.0 Å². The van der Waals surface area contributed by atoms with Gasteiger partial charge >= 0.3 is 5.97 Å². The lowest BCUT2D eigenvalue weighted by Crippen LogP contribution is -2.19. The van der Waals surface area contributed by atoms with Crippen molar-refractivity contribution in [1.82, 2.24) is 0 Å². The number of ether oxygens (including phenoxy) is 1. The average Bonchev–Trinajstić information content (AvgIpc) is 2.54. The summed E-state index contributed by atoms with van der Waals surface area (Å²) in [5.74, 6) is -0.419. The molecular formula is C15H15N3O4S2. The second-order valence-electron chi connectivity index (χ2n) is 4.72. The Bertz CT molecular complexity index is 847. The van der Waals surface area contributed by atoms with Crippen LogP contribution in [0.1, 0.15) is 10.4 Å². The molecule has 0 saturated heterocycles. The van der Waals surface area contributed by atoms with Gasteiger partial charge in [-0.25, -0.2) is 18.4 Å². The van der Waals surface area contributed by atoms with E-state index in [9.17, 15) is 13.2 Å². The molecule has 0 bridgehead atoms. The standard InChI is InChI=1S/C15H15N3O4S2/c1-22-14(19)10-2-4-11(5-3-10)17-15(23)18-12-6-8-13(9-7-12)24(16,20)21/h2-9H,1H3,(H2,16,20,21)(H2,17,18,23). The van der Waals surface area contributed by atoms with E-state index in [2.05, 4.69) is 15.4 Å². The Morgan fingerprint density at radius 1 is 1.00 bits per heavy atom. The number of rotatable bonds is 4. The molecule has 0 aromatic heterocycles. The van der Waals surface area contributed by atoms with Crippen molar-refractivity contribution in [2.24, 2.45) is 5.14 Å². The Morgan fingerprint density at radius 2 is 1.46 bits per heavy atom. The first kappa shape index (κ1) is 17.9. The number of hydrogen-bond acceptors (Lipinski definition) is 5. The summed E-state index contributed by atoms with van der Waals surface area (Å²) in [4.78, 5) is 11.4. The van der Waals surface area contributed by atoms with Gasteiger partial charge in [-0.15, -0.1) is 0 Å². The topological polar surface area (TPSA) is 111 Å². The molecule has 2 aromatic carbocycles. The monoisotopic (exact) mass is 365 g/mol. The van der Waals surface area contributed by atoms with Crippen molar-refractivity contribution in [3.05, 3.63) is 54.1 Å². The number of nitrogens with one attached hydrogen (secondary N) is 2. The van der Waals surface area contributed by atoms with Crippen LogP contribution in [0.5, 0.6) is 0 Å². The summed E-state index contributed by atoms with van der Waals surface area (Å²) < 4.78 is 27.0. The van der Waals surface area contributed by atoms with Crippen molar-refractivity contribution < 1.29 is 17.9 Å². The molecule has 4 N–H and O–H groups in total. The van der Waals surface area contributed by atoms with Crippen molar-refractivity contribution >= 4 is 44.7 Å². The Morgan fingerprint density at radius 3 is 1.88 bits per heavy atom. The summed E-state index contributed by atoms with van der Waals surface area (Å²) in [6, 6.07) is 12.4. The molecule has 0 aliphatic carbocycles. The minimum atomic E-state index is -3.72. The molecule has 2 rings (SSSR count). The van der Waals surface area contributed by atoms with Gasteiger partial charge < -0.3 is 15.4 Å². The fraction of sp³-hybridized carbons (Fsp3) is 0.0667. The zero-order valence-corrected chi connectivity index (χ0v) is 14.3. The molecule has 0 unspecified atom stereocenters. The Hall–Kier alpha value is -2.49. The van der Waals surface area contributed by atoms with Gasteiger partial charge in [-0.3, -0.25) is 0 Å². The van der Waals surface area contributed by atoms with Crippen LogP contribution < -0.4 is 15.8 Å². The summed E-state index contributed by atoms with van der Waals surface area (Å²) in [5, 5.41) is 11.2. The van der Waals surface area contributed by atoms with Gasteiger partial charge in [0.1, 0.15) is 0 Å². The van der Waals surface area contributed by atoms with Crippen molar-refractivity contribution in [3.63, 3.8) is 0 Å². The highest BCUT2D eigenvalue weighted by atomic mass is 32.2. The van der Waals surface area contributed by atoms with Crippen LogP contribution in [0, 0.1) is 0 Å². The van der Waals surface area contributed by atoms with Crippen LogP contribution in [-0.4, -0.2) is 26.6 Å². The average molecular weight is 365 g/mol. The van der Waals surface area contributed by atoms with Gasteiger partial charge in [0.2, 0.25) is 10.0 Å². The van der Waals surface area contributed by atoms with E-state index in [1.807, 2.05) is 0 Å². The molecule has 0 spiro atoms. The predicted octanol–water partition coefficient (Wildman–Crippen LogP) is 1.93. The maximum atomic E-state index is 11.4. The lowest BCUT2D eigenvalue weighted by molar-refractivity contribution is 0.0601. The van der Waals surface area contributed by atoms with Crippen molar-refractivity contribution in [1.29, 1.82) is 0 Å². The minimum absolute atomic E-state index is 0.0188. The first-order valence-electron chi connectivity index (χ1n) is 6.69. The number of nitrogens with two attached hydrogens (primary N) is 1. The van der Waals surface area contributed by atoms with Gasteiger partial charge in [0.05, 0.1) is 17.6 Å². The third kappa shape index (κ3) is 4.75. The number of carbonyl (C=O) groups is 1. The normalized spacial score (nSPS) is 10.8. The molecule has 0 radical (unpaired) electrons. The summed E-state index contributed by atoms with van der Waals surface area (Å²) >= 11 is 5.17. The molecule has 0 aliphatic rings. The van der Waals surface area contributed by atoms with Crippen molar-refractivity contribution in [2.45, 2.75) is 4.90 Å². The number of esters is 1. The molecule has 24 heavy (non-hydrogen) atoms. The summed E-state index contributed by atoms with van der Waals surface area (Å²) in [7, 11) is -2.41. The lowest BCUT2D eigenvalue weighted by Gasteiger charge is -2.11. The van der Waals surface area contributed by atoms with Crippen LogP contribution in [0.2, 0.25) is 0 Å².